The van der Waals surface area contributed by atoms with Gasteiger partial charge in [0, 0.05) is 0 Å². The van der Waals surface area contributed by atoms with Crippen molar-refractivity contribution < 1.29 is 4.79 Å². The topological polar surface area (TPSA) is 64.0 Å². The number of hydrogen-bond acceptors (Lipinski definition) is 3. The molecule has 1 saturated carbocycles. The molecule has 5 nitrogen and oxygen atoms in total. The number of amides is 1. The van der Waals surface area contributed by atoms with E-state index in [1.807, 2.05) is 0 Å². The van der Waals surface area contributed by atoms with Gasteiger partial charge in [0.1, 0.15) is 10.7 Å². The van der Waals surface area contributed by atoms with Crippen molar-refractivity contribution in [2.24, 2.45) is 5.41 Å². The molecule has 1 fully saturated rings. The van der Waals surface area contributed by atoms with E-state index in [1.165, 1.54) is 6.33 Å². The van der Waals surface area contributed by atoms with Crippen LogP contribution in [-0.2, 0) is 4.79 Å². The number of halogens is 2. The first-order chi connectivity index (χ1) is 9.35. The second-order valence-electron chi connectivity index (χ2n) is 5.09. The highest BCUT2D eigenvalue weighted by atomic mass is 35.5. The number of rotatable bonds is 2. The fraction of sp³-hybridized carbons (Fsp3) is 0.308. The lowest BCUT2D eigenvalue weighted by atomic mass is 10.1. The minimum atomic E-state index is -1.08. The molecule has 1 atom stereocenters. The van der Waals surface area contributed by atoms with Crippen molar-refractivity contribution in [2.75, 3.05) is 5.43 Å². The van der Waals surface area contributed by atoms with Crippen molar-refractivity contribution in [1.29, 1.82) is 0 Å². The summed E-state index contributed by atoms with van der Waals surface area (Å²) in [5.41, 5.74) is 1.84. The number of nitrogens with zero attached hydrogens (tertiary/aromatic N) is 2. The fourth-order valence-corrected chi connectivity index (χ4v) is 2.73. The van der Waals surface area contributed by atoms with E-state index in [2.05, 4.69) is 10.4 Å². The molecule has 1 aliphatic rings. The molecular formula is C13H11Cl2N3O2. The first kappa shape index (κ1) is 13.4. The van der Waals surface area contributed by atoms with Crippen LogP contribution in [0.1, 0.15) is 13.3 Å². The third kappa shape index (κ3) is 1.89. The molecule has 2 aromatic rings. The Morgan fingerprint density at radius 1 is 1.40 bits per heavy atom. The highest BCUT2D eigenvalue weighted by Gasteiger charge is 2.68. The van der Waals surface area contributed by atoms with E-state index in [9.17, 15) is 9.59 Å². The number of hydrogen-bond donors (Lipinski definition) is 1. The molecule has 0 spiro atoms. The summed E-state index contributed by atoms with van der Waals surface area (Å²) in [6.07, 6.45) is 1.63. The van der Waals surface area contributed by atoms with Gasteiger partial charge in [-0.25, -0.2) is 9.66 Å². The van der Waals surface area contributed by atoms with Crippen molar-refractivity contribution in [1.82, 2.24) is 9.66 Å². The number of carbonyl (C=O) groups excluding carboxylic acids is 1. The van der Waals surface area contributed by atoms with Crippen LogP contribution in [0.25, 0.3) is 10.9 Å². The number of carbonyl (C=O) groups is 1. The van der Waals surface area contributed by atoms with Crippen LogP contribution in [0.5, 0.6) is 0 Å². The molecule has 0 bridgehead atoms. The van der Waals surface area contributed by atoms with Crippen molar-refractivity contribution >= 4 is 40.0 Å². The lowest BCUT2D eigenvalue weighted by Gasteiger charge is -2.14. The van der Waals surface area contributed by atoms with Gasteiger partial charge in [-0.2, -0.15) is 0 Å². The normalized spacial score (nSPS) is 23.6. The maximum atomic E-state index is 12.2. The van der Waals surface area contributed by atoms with Crippen molar-refractivity contribution in [2.45, 2.75) is 17.7 Å². The van der Waals surface area contributed by atoms with Gasteiger partial charge >= 0.3 is 0 Å². The molecule has 20 heavy (non-hydrogen) atoms. The lowest BCUT2D eigenvalue weighted by molar-refractivity contribution is -0.121. The van der Waals surface area contributed by atoms with Gasteiger partial charge < -0.3 is 0 Å². The first-order valence-corrected chi connectivity index (χ1v) is 6.76. The Balaban J connectivity index is 1.95. The van der Waals surface area contributed by atoms with Crippen molar-refractivity contribution in [3.63, 3.8) is 0 Å². The second-order valence-corrected chi connectivity index (χ2v) is 6.58. The number of aromatic nitrogens is 2. The van der Waals surface area contributed by atoms with Gasteiger partial charge in [-0.05, 0) is 25.5 Å². The van der Waals surface area contributed by atoms with Gasteiger partial charge in [0.15, 0.2) is 0 Å². The van der Waals surface area contributed by atoms with Crippen LogP contribution >= 0.6 is 23.2 Å². The zero-order valence-electron chi connectivity index (χ0n) is 10.6. The van der Waals surface area contributed by atoms with E-state index in [4.69, 9.17) is 23.2 Å². The molecule has 1 amide bonds. The zero-order chi connectivity index (χ0) is 14.5. The monoisotopic (exact) mass is 311 g/mol. The number of para-hydroxylation sites is 1. The largest absolute Gasteiger partial charge is 0.280 e. The van der Waals surface area contributed by atoms with E-state index < -0.39 is 15.7 Å². The number of nitrogens with one attached hydrogen (secondary N) is 1. The van der Waals surface area contributed by atoms with E-state index in [1.54, 1.807) is 31.2 Å². The summed E-state index contributed by atoms with van der Waals surface area (Å²) >= 11 is 11.9. The van der Waals surface area contributed by atoms with Gasteiger partial charge in [-0.1, -0.05) is 12.1 Å². The van der Waals surface area contributed by atoms with Crippen LogP contribution in [0.3, 0.4) is 0 Å². The summed E-state index contributed by atoms with van der Waals surface area (Å²) in [6.45, 7) is 1.65. The lowest BCUT2D eigenvalue weighted by Crippen LogP contribution is -2.38. The minimum Gasteiger partial charge on any atom is -0.272 e. The Hall–Kier alpha value is -1.59. The van der Waals surface area contributed by atoms with Crippen LogP contribution in [0.15, 0.2) is 35.4 Å². The number of fused-ring (bicyclic) bond motifs is 1. The molecule has 1 heterocycles. The van der Waals surface area contributed by atoms with Gasteiger partial charge in [0.2, 0.25) is 5.91 Å². The predicted octanol–water partition coefficient (Wildman–Crippen LogP) is 2.05. The zero-order valence-corrected chi connectivity index (χ0v) is 12.1. The quantitative estimate of drug-likeness (QED) is 0.863. The predicted molar refractivity (Wildman–Crippen MR) is 77.5 cm³/mol. The summed E-state index contributed by atoms with van der Waals surface area (Å²) in [7, 11) is 0. The summed E-state index contributed by atoms with van der Waals surface area (Å²) in [5, 5.41) is 0.430. The van der Waals surface area contributed by atoms with Crippen LogP contribution in [-0.4, -0.2) is 19.9 Å². The molecule has 7 heteroatoms. The van der Waals surface area contributed by atoms with Crippen LogP contribution in [0, 0.1) is 5.41 Å². The van der Waals surface area contributed by atoms with Crippen molar-refractivity contribution in [3.05, 3.63) is 40.9 Å². The molecule has 1 aliphatic carbocycles. The molecule has 1 aromatic heterocycles. The summed E-state index contributed by atoms with van der Waals surface area (Å²) in [6, 6.07) is 6.91. The summed E-state index contributed by atoms with van der Waals surface area (Å²) < 4.78 is -0.0247. The standard InChI is InChI=1S/C13H11Cl2N3O2/c1-12(6-13(12,14)15)11(20)17-18-7-16-9-5-3-2-4-8(9)10(18)19/h2-5,7H,6H2,1H3,(H,17,20). The van der Waals surface area contributed by atoms with Gasteiger partial charge in [-0.3, -0.25) is 15.0 Å². The van der Waals surface area contributed by atoms with E-state index in [0.29, 0.717) is 17.3 Å². The average Bonchev–Trinajstić information content (AvgIpc) is 2.94. The minimum absolute atomic E-state index is 0.344. The Bertz CT molecular complexity index is 772. The molecule has 1 unspecified atom stereocenters. The second kappa shape index (κ2) is 4.20. The highest BCUT2D eigenvalue weighted by molar-refractivity contribution is 6.53. The van der Waals surface area contributed by atoms with Crippen LogP contribution in [0.2, 0.25) is 0 Å². The summed E-state index contributed by atoms with van der Waals surface area (Å²) in [4.78, 5) is 28.5. The van der Waals surface area contributed by atoms with Crippen LogP contribution in [0.4, 0.5) is 0 Å². The smallest absolute Gasteiger partial charge is 0.272 e. The van der Waals surface area contributed by atoms with Crippen molar-refractivity contribution in [3.8, 4) is 0 Å². The van der Waals surface area contributed by atoms with Gasteiger partial charge in [-0.15, -0.1) is 23.2 Å². The van der Waals surface area contributed by atoms with E-state index in [0.717, 1.165) is 4.68 Å². The highest BCUT2D eigenvalue weighted by Crippen LogP contribution is 2.63. The van der Waals surface area contributed by atoms with E-state index in [-0.39, 0.29) is 5.56 Å². The average molecular weight is 312 g/mol. The molecular weight excluding hydrogens is 301 g/mol. The Labute approximate surface area is 124 Å². The molecule has 1 aromatic carbocycles. The molecule has 1 N–H and O–H groups in total. The molecule has 3 rings (SSSR count). The maximum Gasteiger partial charge on any atom is 0.280 e. The van der Waals surface area contributed by atoms with Crippen LogP contribution < -0.4 is 11.0 Å². The Morgan fingerprint density at radius 2 is 2.05 bits per heavy atom. The fourth-order valence-electron chi connectivity index (χ4n) is 2.03. The molecule has 0 saturated heterocycles. The van der Waals surface area contributed by atoms with Gasteiger partial charge in [0.25, 0.3) is 5.56 Å². The maximum absolute atomic E-state index is 12.2. The summed E-state index contributed by atoms with van der Waals surface area (Å²) in [5.74, 6) is -0.401. The van der Waals surface area contributed by atoms with Gasteiger partial charge in [0.05, 0.1) is 16.3 Å². The Kier molecular flexibility index (Phi) is 2.81. The molecule has 104 valence electrons. The number of alkyl halides is 2. The molecule has 0 aliphatic heterocycles. The SMILES string of the molecule is CC1(C(=O)Nn2cnc3ccccc3c2=O)CC1(Cl)Cl. The number of benzene rings is 1. The van der Waals surface area contributed by atoms with E-state index >= 15 is 0 Å². The third-order valence-corrected chi connectivity index (χ3v) is 4.75. The molecule has 0 radical (unpaired) electrons. The third-order valence-electron chi connectivity index (χ3n) is 3.65. The first-order valence-electron chi connectivity index (χ1n) is 6.01. The Morgan fingerprint density at radius 3 is 2.70 bits per heavy atom.